The molecule has 5 heteroatoms. The molecule has 0 aliphatic rings. The maximum Gasteiger partial charge on any atom is 0.246 e. The number of fused-ring (bicyclic) bond motifs is 1. The van der Waals surface area contributed by atoms with Gasteiger partial charge in [-0.05, 0) is 30.2 Å². The van der Waals surface area contributed by atoms with E-state index in [1.807, 2.05) is 48.5 Å². The Hall–Kier alpha value is -2.17. The first-order valence-corrected chi connectivity index (χ1v) is 6.94. The lowest BCUT2D eigenvalue weighted by atomic mass is 10.1. The Kier molecular flexibility index (Phi) is 3.99. The largest absolute Gasteiger partial charge is 0.437 e. The zero-order valence-corrected chi connectivity index (χ0v) is 11.9. The summed E-state index contributed by atoms with van der Waals surface area (Å²) < 4.78 is 5.79. The number of hydrogen-bond acceptors (Lipinski definition) is 4. The summed E-state index contributed by atoms with van der Waals surface area (Å²) in [6, 6.07) is 15.1. The van der Waals surface area contributed by atoms with Crippen molar-refractivity contribution in [1.82, 2.24) is 10.2 Å². The molecule has 0 unspecified atom stereocenters. The molecule has 3 aromatic rings. The molecule has 0 radical (unpaired) electrons. The smallest absolute Gasteiger partial charge is 0.246 e. The van der Waals surface area contributed by atoms with Gasteiger partial charge in [0.15, 0.2) is 5.15 Å². The van der Waals surface area contributed by atoms with Crippen LogP contribution in [0.25, 0.3) is 10.8 Å². The average molecular weight is 301 g/mol. The second-order valence-electron chi connectivity index (χ2n) is 4.56. The number of nitrogens with zero attached hydrogens (tertiary/aromatic N) is 2. The number of halogens is 1. The Morgan fingerprint density at radius 2 is 1.67 bits per heavy atom. The molecule has 2 aromatic carbocycles. The summed E-state index contributed by atoms with van der Waals surface area (Å²) in [7, 11) is 0. The molecule has 1 N–H and O–H groups in total. The molecule has 106 valence electrons. The SMILES string of the molecule is OCCc1ccc(Oc2nnc(Cl)c3ccccc23)cc1. The van der Waals surface area contributed by atoms with E-state index in [-0.39, 0.29) is 6.61 Å². The molecular formula is C16H13ClN2O2. The summed E-state index contributed by atoms with van der Waals surface area (Å²) in [6.45, 7) is 0.132. The second kappa shape index (κ2) is 6.08. The van der Waals surface area contributed by atoms with Crippen molar-refractivity contribution < 1.29 is 9.84 Å². The van der Waals surface area contributed by atoms with Gasteiger partial charge < -0.3 is 9.84 Å². The molecule has 21 heavy (non-hydrogen) atoms. The van der Waals surface area contributed by atoms with E-state index in [0.717, 1.165) is 16.3 Å². The maximum atomic E-state index is 8.91. The lowest BCUT2D eigenvalue weighted by Crippen LogP contribution is -1.94. The van der Waals surface area contributed by atoms with Crippen LogP contribution in [0.4, 0.5) is 0 Å². The van der Waals surface area contributed by atoms with E-state index in [4.69, 9.17) is 21.4 Å². The quantitative estimate of drug-likeness (QED) is 0.799. The standard InChI is InChI=1S/C16H13ClN2O2/c17-15-13-3-1-2-4-14(13)16(19-18-15)21-12-7-5-11(6-8-12)9-10-20/h1-8,20H,9-10H2. The van der Waals surface area contributed by atoms with Crippen molar-refractivity contribution in [3.05, 3.63) is 59.2 Å². The molecular weight excluding hydrogens is 288 g/mol. The van der Waals surface area contributed by atoms with Crippen molar-refractivity contribution in [2.24, 2.45) is 0 Å². The first kappa shape index (κ1) is 13.8. The van der Waals surface area contributed by atoms with Gasteiger partial charge >= 0.3 is 0 Å². The predicted octanol–water partition coefficient (Wildman–Crippen LogP) is 3.61. The first-order valence-electron chi connectivity index (χ1n) is 6.56. The van der Waals surface area contributed by atoms with Crippen molar-refractivity contribution in [2.75, 3.05) is 6.61 Å². The predicted molar refractivity (Wildman–Crippen MR) is 81.9 cm³/mol. The highest BCUT2D eigenvalue weighted by Gasteiger charge is 2.09. The van der Waals surface area contributed by atoms with Crippen LogP contribution in [0.5, 0.6) is 11.6 Å². The molecule has 1 heterocycles. The summed E-state index contributed by atoms with van der Waals surface area (Å²) in [5.74, 6) is 1.09. The monoisotopic (exact) mass is 300 g/mol. The number of hydrogen-bond donors (Lipinski definition) is 1. The summed E-state index contributed by atoms with van der Waals surface area (Å²) in [4.78, 5) is 0. The van der Waals surface area contributed by atoms with Crippen LogP contribution in [0.2, 0.25) is 5.15 Å². The minimum absolute atomic E-state index is 0.132. The van der Waals surface area contributed by atoms with Gasteiger partial charge in [0.05, 0.1) is 0 Å². The fraction of sp³-hybridized carbons (Fsp3) is 0.125. The van der Waals surface area contributed by atoms with Crippen LogP contribution in [0.15, 0.2) is 48.5 Å². The van der Waals surface area contributed by atoms with Crippen molar-refractivity contribution in [3.63, 3.8) is 0 Å². The molecule has 0 atom stereocenters. The van der Waals surface area contributed by atoms with E-state index in [1.165, 1.54) is 0 Å². The Balaban J connectivity index is 1.93. The van der Waals surface area contributed by atoms with Gasteiger partial charge in [0, 0.05) is 17.4 Å². The van der Waals surface area contributed by atoms with Crippen molar-refractivity contribution in [1.29, 1.82) is 0 Å². The number of benzene rings is 2. The van der Waals surface area contributed by atoms with Gasteiger partial charge in [-0.25, -0.2) is 0 Å². The van der Waals surface area contributed by atoms with Crippen molar-refractivity contribution >= 4 is 22.4 Å². The minimum atomic E-state index is 0.132. The number of ether oxygens (including phenoxy) is 1. The highest BCUT2D eigenvalue weighted by molar-refractivity contribution is 6.34. The fourth-order valence-corrected chi connectivity index (χ4v) is 2.29. The normalized spacial score (nSPS) is 10.8. The van der Waals surface area contributed by atoms with E-state index in [9.17, 15) is 0 Å². The summed E-state index contributed by atoms with van der Waals surface area (Å²) in [5, 5.41) is 18.8. The number of rotatable bonds is 4. The van der Waals surface area contributed by atoms with E-state index >= 15 is 0 Å². The van der Waals surface area contributed by atoms with E-state index in [2.05, 4.69) is 10.2 Å². The molecule has 0 aliphatic carbocycles. The topological polar surface area (TPSA) is 55.2 Å². The van der Waals surface area contributed by atoms with E-state index in [1.54, 1.807) is 0 Å². The number of aliphatic hydroxyl groups is 1. The third-order valence-corrected chi connectivity index (χ3v) is 3.43. The van der Waals surface area contributed by atoms with E-state index < -0.39 is 0 Å². The molecule has 0 spiro atoms. The van der Waals surface area contributed by atoms with Gasteiger partial charge in [0.1, 0.15) is 5.75 Å². The van der Waals surface area contributed by atoms with Crippen LogP contribution in [0, 0.1) is 0 Å². The molecule has 3 rings (SSSR count). The third-order valence-electron chi connectivity index (χ3n) is 3.15. The Labute approximate surface area is 127 Å². The summed E-state index contributed by atoms with van der Waals surface area (Å²) >= 11 is 6.03. The molecule has 1 aromatic heterocycles. The Morgan fingerprint density at radius 3 is 2.38 bits per heavy atom. The van der Waals surface area contributed by atoms with Crippen molar-refractivity contribution in [2.45, 2.75) is 6.42 Å². The highest BCUT2D eigenvalue weighted by Crippen LogP contribution is 2.30. The zero-order chi connectivity index (χ0) is 14.7. The van der Waals surface area contributed by atoms with Crippen LogP contribution in [-0.4, -0.2) is 21.9 Å². The van der Waals surface area contributed by atoms with Gasteiger partial charge in [-0.15, -0.1) is 10.2 Å². The van der Waals surface area contributed by atoms with Gasteiger partial charge in [0.25, 0.3) is 0 Å². The summed E-state index contributed by atoms with van der Waals surface area (Å²) in [5.41, 5.74) is 1.05. The number of aliphatic hydroxyl groups excluding tert-OH is 1. The lowest BCUT2D eigenvalue weighted by Gasteiger charge is -2.08. The van der Waals surface area contributed by atoms with Crippen LogP contribution < -0.4 is 4.74 Å². The number of aromatic nitrogens is 2. The van der Waals surface area contributed by atoms with E-state index in [0.29, 0.717) is 23.2 Å². The lowest BCUT2D eigenvalue weighted by molar-refractivity contribution is 0.299. The van der Waals surface area contributed by atoms with Crippen molar-refractivity contribution in [3.8, 4) is 11.6 Å². The molecule has 0 bridgehead atoms. The highest BCUT2D eigenvalue weighted by atomic mass is 35.5. The fourth-order valence-electron chi connectivity index (χ4n) is 2.09. The molecule has 0 fully saturated rings. The molecule has 0 aliphatic heterocycles. The van der Waals surface area contributed by atoms with Gasteiger partial charge in [-0.2, -0.15) is 0 Å². The van der Waals surface area contributed by atoms with Gasteiger partial charge in [-0.3, -0.25) is 0 Å². The summed E-state index contributed by atoms with van der Waals surface area (Å²) in [6.07, 6.45) is 0.629. The Morgan fingerprint density at radius 1 is 0.952 bits per heavy atom. The molecule has 0 saturated heterocycles. The third kappa shape index (κ3) is 2.96. The van der Waals surface area contributed by atoms with Crippen LogP contribution in [0.3, 0.4) is 0 Å². The minimum Gasteiger partial charge on any atom is -0.437 e. The molecule has 0 saturated carbocycles. The van der Waals surface area contributed by atoms with Crippen LogP contribution in [0.1, 0.15) is 5.56 Å². The van der Waals surface area contributed by atoms with Crippen LogP contribution >= 0.6 is 11.6 Å². The second-order valence-corrected chi connectivity index (χ2v) is 4.92. The molecule has 0 amide bonds. The van der Waals surface area contributed by atoms with Gasteiger partial charge in [0.2, 0.25) is 5.88 Å². The Bertz CT molecular complexity index is 760. The zero-order valence-electron chi connectivity index (χ0n) is 11.2. The maximum absolute atomic E-state index is 8.91. The first-order chi connectivity index (χ1) is 10.3. The van der Waals surface area contributed by atoms with Crippen LogP contribution in [-0.2, 0) is 6.42 Å². The average Bonchev–Trinajstić information content (AvgIpc) is 2.52. The van der Waals surface area contributed by atoms with Gasteiger partial charge in [-0.1, -0.05) is 41.9 Å². The molecule has 4 nitrogen and oxygen atoms in total.